The van der Waals surface area contributed by atoms with E-state index in [1.54, 1.807) is 6.92 Å². The second-order valence-corrected chi connectivity index (χ2v) is 8.21. The van der Waals surface area contributed by atoms with Crippen molar-refractivity contribution in [1.82, 2.24) is 0 Å². The molecule has 216 valence electrons. The molecule has 13 heteroatoms. The second-order valence-electron chi connectivity index (χ2n) is 8.21. The molecule has 0 aliphatic heterocycles. The molecule has 0 amide bonds. The van der Waals surface area contributed by atoms with Crippen LogP contribution >= 0.6 is 0 Å². The van der Waals surface area contributed by atoms with Crippen LogP contribution in [0.25, 0.3) is 0 Å². The number of carboxylic acids is 1. The molecule has 0 fully saturated rings. The highest BCUT2D eigenvalue weighted by atomic mass is 16.6. The van der Waals surface area contributed by atoms with Gasteiger partial charge in [-0.15, -0.1) is 0 Å². The Hall–Kier alpha value is -3.35. The van der Waals surface area contributed by atoms with Gasteiger partial charge >= 0.3 is 29.8 Å². The van der Waals surface area contributed by atoms with Crippen molar-refractivity contribution in [1.29, 1.82) is 0 Å². The van der Waals surface area contributed by atoms with Crippen LogP contribution in [-0.2, 0) is 57.2 Å². The molecule has 0 bridgehead atoms. The highest BCUT2D eigenvalue weighted by Crippen LogP contribution is 2.05. The topological polar surface area (TPSA) is 186 Å². The van der Waals surface area contributed by atoms with Crippen molar-refractivity contribution in [3.63, 3.8) is 0 Å². The molecule has 0 rings (SSSR count). The number of hydrogen-bond donors (Lipinski definition) is 1. The molecule has 2 unspecified atom stereocenters. The smallest absolute Gasteiger partial charge is 0.347 e. The van der Waals surface area contributed by atoms with Crippen molar-refractivity contribution >= 4 is 41.4 Å². The van der Waals surface area contributed by atoms with E-state index >= 15 is 0 Å². The molecule has 0 heterocycles. The maximum Gasteiger partial charge on any atom is 0.347 e. The molecule has 38 heavy (non-hydrogen) atoms. The van der Waals surface area contributed by atoms with Gasteiger partial charge in [-0.2, -0.15) is 0 Å². The van der Waals surface area contributed by atoms with Crippen molar-refractivity contribution in [2.24, 2.45) is 0 Å². The van der Waals surface area contributed by atoms with Gasteiger partial charge in [-0.1, -0.05) is 6.92 Å². The van der Waals surface area contributed by atoms with Crippen LogP contribution in [-0.4, -0.2) is 85.2 Å². The van der Waals surface area contributed by atoms with Crippen LogP contribution in [0.3, 0.4) is 0 Å². The van der Waals surface area contributed by atoms with Gasteiger partial charge in [0.15, 0.2) is 12.2 Å². The summed E-state index contributed by atoms with van der Waals surface area (Å²) >= 11 is 0. The first-order chi connectivity index (χ1) is 18.0. The summed E-state index contributed by atoms with van der Waals surface area (Å²) in [6.07, 6.45) is -1.02. The van der Waals surface area contributed by atoms with Gasteiger partial charge in [0.25, 0.3) is 0 Å². The first-order valence-corrected chi connectivity index (χ1v) is 12.6. The Balaban J connectivity index is 3.72. The summed E-state index contributed by atoms with van der Waals surface area (Å²) in [6, 6.07) is 0. The Morgan fingerprint density at radius 1 is 0.632 bits per heavy atom. The van der Waals surface area contributed by atoms with Crippen molar-refractivity contribution in [3.8, 4) is 0 Å². The molecule has 0 aliphatic carbocycles. The number of hydrogen-bond acceptors (Lipinski definition) is 12. The Morgan fingerprint density at radius 2 is 1.24 bits per heavy atom. The molecule has 0 aromatic carbocycles. The zero-order chi connectivity index (χ0) is 28.9. The summed E-state index contributed by atoms with van der Waals surface area (Å²) in [5.74, 6) is -5.25. The summed E-state index contributed by atoms with van der Waals surface area (Å²) in [4.78, 5) is 80.1. The van der Waals surface area contributed by atoms with Crippen LogP contribution in [0.5, 0.6) is 0 Å². The fourth-order valence-electron chi connectivity index (χ4n) is 2.73. The van der Waals surface area contributed by atoms with Crippen molar-refractivity contribution < 1.29 is 62.4 Å². The van der Waals surface area contributed by atoms with Gasteiger partial charge in [-0.05, 0) is 39.5 Å². The minimum Gasteiger partial charge on any atom is -0.481 e. The van der Waals surface area contributed by atoms with E-state index in [0.717, 1.165) is 0 Å². The number of aliphatic carboxylic acids is 1. The standard InChI is InChI=1S/C25H38O13/c1-4-21(29)38-18(3)25(33)36-14-8-6-9-22(30)35-16-15-34-13-7-5-10-23(31)37-17(2)24(32)19(26)11-12-20(27)28/h17-18H,4-16H2,1-3H3,(H,27,28). The number of ketones is 2. The van der Waals surface area contributed by atoms with Gasteiger partial charge in [0, 0.05) is 32.3 Å². The van der Waals surface area contributed by atoms with E-state index in [4.69, 9.17) is 28.8 Å². The molecule has 0 spiro atoms. The first kappa shape index (κ1) is 34.6. The number of esters is 4. The number of carboxylic acid groups (broad SMARTS) is 1. The third-order valence-electron chi connectivity index (χ3n) is 4.88. The molecule has 0 saturated carbocycles. The quantitative estimate of drug-likeness (QED) is 0.0895. The van der Waals surface area contributed by atoms with E-state index in [9.17, 15) is 33.6 Å². The number of carbonyl (C=O) groups is 7. The van der Waals surface area contributed by atoms with Gasteiger partial charge in [0.2, 0.25) is 11.6 Å². The van der Waals surface area contributed by atoms with E-state index in [1.165, 1.54) is 13.8 Å². The number of rotatable bonds is 22. The lowest BCUT2D eigenvalue weighted by Crippen LogP contribution is -2.30. The van der Waals surface area contributed by atoms with Gasteiger partial charge in [0.1, 0.15) is 6.61 Å². The maximum atomic E-state index is 11.8. The summed E-state index contributed by atoms with van der Waals surface area (Å²) in [7, 11) is 0. The minimum atomic E-state index is -1.27. The predicted octanol–water partition coefficient (Wildman–Crippen LogP) is 1.71. The third kappa shape index (κ3) is 18.0. The van der Waals surface area contributed by atoms with Crippen LogP contribution in [0.2, 0.25) is 0 Å². The molecule has 0 aliphatic rings. The van der Waals surface area contributed by atoms with Crippen LogP contribution in [0.15, 0.2) is 0 Å². The molecule has 13 nitrogen and oxygen atoms in total. The molecule has 0 radical (unpaired) electrons. The van der Waals surface area contributed by atoms with E-state index in [2.05, 4.69) is 0 Å². The average Bonchev–Trinajstić information content (AvgIpc) is 2.87. The number of carbonyl (C=O) groups excluding carboxylic acids is 6. The van der Waals surface area contributed by atoms with Gasteiger partial charge in [-0.3, -0.25) is 28.8 Å². The Kier molecular flexibility index (Phi) is 18.9. The summed E-state index contributed by atoms with van der Waals surface area (Å²) in [5, 5.41) is 8.54. The largest absolute Gasteiger partial charge is 0.481 e. The molecule has 0 saturated heterocycles. The Bertz CT molecular complexity index is 805. The third-order valence-corrected chi connectivity index (χ3v) is 4.88. The van der Waals surface area contributed by atoms with Crippen molar-refractivity contribution in [2.45, 2.75) is 90.8 Å². The van der Waals surface area contributed by atoms with Gasteiger partial charge in [-0.25, -0.2) is 4.79 Å². The fourth-order valence-corrected chi connectivity index (χ4v) is 2.73. The zero-order valence-electron chi connectivity index (χ0n) is 22.2. The molecular weight excluding hydrogens is 508 g/mol. The highest BCUT2D eigenvalue weighted by molar-refractivity contribution is 6.39. The Morgan fingerprint density at radius 3 is 1.87 bits per heavy atom. The average molecular weight is 547 g/mol. The number of Topliss-reactive ketones (excluding diaryl/α,β-unsaturated/α-hetero) is 2. The lowest BCUT2D eigenvalue weighted by molar-refractivity contribution is -0.166. The van der Waals surface area contributed by atoms with E-state index in [1.807, 2.05) is 0 Å². The number of unbranched alkanes of at least 4 members (excludes halogenated alkanes) is 2. The molecule has 1 N–H and O–H groups in total. The van der Waals surface area contributed by atoms with Crippen molar-refractivity contribution in [2.75, 3.05) is 26.4 Å². The van der Waals surface area contributed by atoms with Gasteiger partial charge in [0.05, 0.1) is 19.6 Å². The molecule has 2 atom stereocenters. The fraction of sp³-hybridized carbons (Fsp3) is 0.720. The molecule has 0 aromatic heterocycles. The van der Waals surface area contributed by atoms with Crippen molar-refractivity contribution in [3.05, 3.63) is 0 Å². The first-order valence-electron chi connectivity index (χ1n) is 12.6. The summed E-state index contributed by atoms with van der Waals surface area (Å²) in [5.41, 5.74) is 0. The monoisotopic (exact) mass is 546 g/mol. The van der Waals surface area contributed by atoms with Crippen LogP contribution in [0.1, 0.15) is 78.6 Å². The van der Waals surface area contributed by atoms with Crippen LogP contribution in [0.4, 0.5) is 0 Å². The van der Waals surface area contributed by atoms with E-state index < -0.39 is 66.5 Å². The predicted molar refractivity (Wildman–Crippen MR) is 129 cm³/mol. The zero-order valence-corrected chi connectivity index (χ0v) is 22.2. The highest BCUT2D eigenvalue weighted by Gasteiger charge is 2.24. The Labute approximate surface area is 221 Å². The lowest BCUT2D eigenvalue weighted by atomic mass is 10.1. The van der Waals surface area contributed by atoms with Crippen LogP contribution in [0, 0.1) is 0 Å². The SMILES string of the molecule is CCC(=O)OC(C)C(=O)OCCCCC(=O)OCCOCCCCC(=O)OC(C)C(=O)C(=O)CCC(=O)O. The van der Waals surface area contributed by atoms with Gasteiger partial charge < -0.3 is 28.8 Å². The lowest BCUT2D eigenvalue weighted by Gasteiger charge is -2.12. The van der Waals surface area contributed by atoms with E-state index in [0.29, 0.717) is 32.3 Å². The number of ether oxygens (including phenoxy) is 5. The normalized spacial score (nSPS) is 12.1. The minimum absolute atomic E-state index is 0.0113. The molecule has 0 aromatic rings. The summed E-state index contributed by atoms with van der Waals surface area (Å²) < 4.78 is 25.1. The second kappa shape index (κ2) is 20.7. The summed E-state index contributed by atoms with van der Waals surface area (Å²) in [6.45, 7) is 4.94. The molecular formula is C25H38O13. The van der Waals surface area contributed by atoms with E-state index in [-0.39, 0.29) is 39.1 Å². The van der Waals surface area contributed by atoms with Crippen LogP contribution < -0.4 is 0 Å². The maximum absolute atomic E-state index is 11.8.